The van der Waals surface area contributed by atoms with Gasteiger partial charge in [0.1, 0.15) is 11.5 Å². The zero-order valence-corrected chi connectivity index (χ0v) is 9.70. The molecule has 1 unspecified atom stereocenters. The summed E-state index contributed by atoms with van der Waals surface area (Å²) in [5, 5.41) is 13.4. The summed E-state index contributed by atoms with van der Waals surface area (Å²) in [4.78, 5) is 11.7. The second-order valence-electron chi connectivity index (χ2n) is 3.70. The molecule has 2 nitrogen and oxygen atoms in total. The molecule has 0 radical (unpaired) electrons. The lowest BCUT2D eigenvalue weighted by Crippen LogP contribution is -2.09. The first-order valence-electron chi connectivity index (χ1n) is 5.00. The van der Waals surface area contributed by atoms with Gasteiger partial charge in [0.25, 0.3) is 0 Å². The number of aromatic hydroxyl groups is 1. The van der Waals surface area contributed by atoms with Gasteiger partial charge in [-0.15, -0.1) is 0 Å². The Hall–Kier alpha value is -1.61. The molecule has 0 amide bonds. The van der Waals surface area contributed by atoms with E-state index in [0.29, 0.717) is 0 Å². The molecule has 0 bridgehead atoms. The molecule has 0 aliphatic carbocycles. The van der Waals surface area contributed by atoms with E-state index in [4.69, 9.17) is 0 Å². The van der Waals surface area contributed by atoms with E-state index in [1.807, 2.05) is 22.9 Å². The van der Waals surface area contributed by atoms with Crippen LogP contribution in [0.5, 0.6) is 5.75 Å². The molecule has 0 aliphatic rings. The van der Waals surface area contributed by atoms with Gasteiger partial charge in [-0.25, -0.2) is 0 Å². The van der Waals surface area contributed by atoms with Gasteiger partial charge >= 0.3 is 0 Å². The van der Waals surface area contributed by atoms with Crippen LogP contribution < -0.4 is 0 Å². The number of phenols is 1. The number of benzene rings is 1. The number of phenolic OH excluding ortho intramolecular Hbond substituents is 1. The van der Waals surface area contributed by atoms with Crippen molar-refractivity contribution >= 4 is 17.1 Å². The van der Waals surface area contributed by atoms with Crippen LogP contribution in [0, 0.1) is 0 Å². The van der Waals surface area contributed by atoms with Crippen LogP contribution in [-0.2, 0) is 4.79 Å². The Morgan fingerprint density at radius 2 is 2.12 bits per heavy atom. The molecule has 0 saturated heterocycles. The van der Waals surface area contributed by atoms with E-state index in [9.17, 15) is 9.90 Å². The first-order chi connectivity index (χ1) is 7.68. The maximum Gasteiger partial charge on any atom is 0.141 e. The summed E-state index contributed by atoms with van der Waals surface area (Å²) in [6.07, 6.45) is 0. The SMILES string of the molecule is CC(=O)C(c1ccsc1)c1cccc(O)c1. The molecule has 2 rings (SSSR count). The summed E-state index contributed by atoms with van der Waals surface area (Å²) in [7, 11) is 0. The van der Waals surface area contributed by atoms with E-state index >= 15 is 0 Å². The Bertz CT molecular complexity index is 488. The van der Waals surface area contributed by atoms with Crippen molar-refractivity contribution in [2.75, 3.05) is 0 Å². The van der Waals surface area contributed by atoms with Crippen LogP contribution >= 0.6 is 11.3 Å². The van der Waals surface area contributed by atoms with Crippen LogP contribution in [0.1, 0.15) is 24.0 Å². The van der Waals surface area contributed by atoms with Crippen LogP contribution in [0.25, 0.3) is 0 Å². The Labute approximate surface area is 98.2 Å². The lowest BCUT2D eigenvalue weighted by Gasteiger charge is -2.12. The highest BCUT2D eigenvalue weighted by Crippen LogP contribution is 2.29. The molecular formula is C13H12O2S. The monoisotopic (exact) mass is 232 g/mol. The number of hydrogen-bond acceptors (Lipinski definition) is 3. The average Bonchev–Trinajstić information content (AvgIpc) is 2.71. The van der Waals surface area contributed by atoms with E-state index in [1.165, 1.54) is 0 Å². The Balaban J connectivity index is 2.45. The van der Waals surface area contributed by atoms with Gasteiger partial charge in [-0.3, -0.25) is 4.79 Å². The van der Waals surface area contributed by atoms with Gasteiger partial charge < -0.3 is 5.11 Å². The van der Waals surface area contributed by atoms with Gasteiger partial charge in [0.15, 0.2) is 0 Å². The van der Waals surface area contributed by atoms with Gasteiger partial charge in [0, 0.05) is 0 Å². The molecule has 82 valence electrons. The smallest absolute Gasteiger partial charge is 0.141 e. The number of carbonyl (C=O) groups excluding carboxylic acids is 1. The third-order valence-corrected chi connectivity index (χ3v) is 3.19. The second-order valence-corrected chi connectivity index (χ2v) is 4.48. The molecule has 3 heteroatoms. The van der Waals surface area contributed by atoms with Crippen LogP contribution in [0.4, 0.5) is 0 Å². The van der Waals surface area contributed by atoms with E-state index in [2.05, 4.69) is 0 Å². The minimum Gasteiger partial charge on any atom is -0.508 e. The van der Waals surface area contributed by atoms with Crippen molar-refractivity contribution in [3.05, 3.63) is 52.2 Å². The molecular weight excluding hydrogens is 220 g/mol. The summed E-state index contributed by atoms with van der Waals surface area (Å²) in [5.74, 6) is 0.0151. The molecule has 2 aromatic rings. The Morgan fingerprint density at radius 3 is 2.69 bits per heavy atom. The third-order valence-electron chi connectivity index (χ3n) is 2.49. The van der Waals surface area contributed by atoms with E-state index in [0.717, 1.165) is 11.1 Å². The summed E-state index contributed by atoms with van der Waals surface area (Å²) in [6, 6.07) is 8.81. The Kier molecular flexibility index (Phi) is 3.06. The molecule has 1 atom stereocenters. The molecule has 1 aromatic heterocycles. The Morgan fingerprint density at radius 1 is 1.31 bits per heavy atom. The van der Waals surface area contributed by atoms with Crippen molar-refractivity contribution in [3.8, 4) is 5.75 Å². The lowest BCUT2D eigenvalue weighted by molar-refractivity contribution is -0.117. The number of thiophene rings is 1. The van der Waals surface area contributed by atoms with Crippen molar-refractivity contribution in [3.63, 3.8) is 0 Å². The molecule has 1 heterocycles. The topological polar surface area (TPSA) is 37.3 Å². The molecule has 1 aromatic carbocycles. The van der Waals surface area contributed by atoms with Crippen LogP contribution in [0.2, 0.25) is 0 Å². The van der Waals surface area contributed by atoms with Crippen LogP contribution in [-0.4, -0.2) is 10.9 Å². The number of carbonyl (C=O) groups is 1. The van der Waals surface area contributed by atoms with Crippen molar-refractivity contribution in [2.24, 2.45) is 0 Å². The number of ketones is 1. The van der Waals surface area contributed by atoms with E-state index in [1.54, 1.807) is 36.5 Å². The maximum atomic E-state index is 11.7. The van der Waals surface area contributed by atoms with E-state index in [-0.39, 0.29) is 17.5 Å². The van der Waals surface area contributed by atoms with Gasteiger partial charge in [0.05, 0.1) is 5.92 Å². The standard InChI is InChI=1S/C13H12O2S/c1-9(14)13(11-5-6-16-8-11)10-3-2-4-12(15)7-10/h2-8,13,15H,1H3. The largest absolute Gasteiger partial charge is 0.508 e. The van der Waals surface area contributed by atoms with Gasteiger partial charge in [-0.1, -0.05) is 12.1 Å². The fraction of sp³-hybridized carbons (Fsp3) is 0.154. The van der Waals surface area contributed by atoms with E-state index < -0.39 is 0 Å². The number of rotatable bonds is 3. The highest BCUT2D eigenvalue weighted by Gasteiger charge is 2.19. The first-order valence-corrected chi connectivity index (χ1v) is 5.94. The van der Waals surface area contributed by atoms with Crippen LogP contribution in [0.3, 0.4) is 0 Å². The summed E-state index contributed by atoms with van der Waals surface area (Å²) in [6.45, 7) is 1.58. The van der Waals surface area contributed by atoms with Crippen molar-refractivity contribution < 1.29 is 9.90 Å². The molecule has 0 aliphatic heterocycles. The highest BCUT2D eigenvalue weighted by atomic mass is 32.1. The summed E-state index contributed by atoms with van der Waals surface area (Å²) < 4.78 is 0. The molecule has 0 fully saturated rings. The second kappa shape index (κ2) is 4.49. The zero-order valence-electron chi connectivity index (χ0n) is 8.88. The fourth-order valence-electron chi connectivity index (χ4n) is 1.81. The summed E-state index contributed by atoms with van der Waals surface area (Å²) in [5.41, 5.74) is 1.83. The minimum absolute atomic E-state index is 0.0870. The number of hydrogen-bond donors (Lipinski definition) is 1. The average molecular weight is 232 g/mol. The van der Waals surface area contributed by atoms with Crippen molar-refractivity contribution in [1.29, 1.82) is 0 Å². The minimum atomic E-state index is -0.265. The van der Waals surface area contributed by atoms with Gasteiger partial charge in [-0.2, -0.15) is 11.3 Å². The van der Waals surface area contributed by atoms with Crippen molar-refractivity contribution in [2.45, 2.75) is 12.8 Å². The van der Waals surface area contributed by atoms with Crippen LogP contribution in [0.15, 0.2) is 41.1 Å². The first kappa shape index (κ1) is 10.9. The predicted molar refractivity (Wildman–Crippen MR) is 64.9 cm³/mol. The number of Topliss-reactive ketones (excluding diaryl/α,β-unsaturated/α-hetero) is 1. The van der Waals surface area contributed by atoms with Gasteiger partial charge in [-0.05, 0) is 47.0 Å². The molecule has 16 heavy (non-hydrogen) atoms. The quantitative estimate of drug-likeness (QED) is 0.882. The normalized spacial score (nSPS) is 12.3. The molecule has 1 N–H and O–H groups in total. The third kappa shape index (κ3) is 2.14. The summed E-state index contributed by atoms with van der Waals surface area (Å²) >= 11 is 1.57. The lowest BCUT2D eigenvalue weighted by atomic mass is 9.90. The highest BCUT2D eigenvalue weighted by molar-refractivity contribution is 7.08. The maximum absolute atomic E-state index is 11.7. The zero-order chi connectivity index (χ0) is 11.5. The van der Waals surface area contributed by atoms with Crippen molar-refractivity contribution in [1.82, 2.24) is 0 Å². The molecule has 0 saturated carbocycles. The van der Waals surface area contributed by atoms with Gasteiger partial charge in [0.2, 0.25) is 0 Å². The fourth-order valence-corrected chi connectivity index (χ4v) is 2.49. The predicted octanol–water partition coefficient (Wildman–Crippen LogP) is 3.17. The molecule has 0 spiro atoms.